The van der Waals surface area contributed by atoms with E-state index < -0.39 is 17.1 Å². The Morgan fingerprint density at radius 2 is 1.68 bits per heavy atom. The maximum absolute atomic E-state index is 12.5. The molecule has 0 radical (unpaired) electrons. The summed E-state index contributed by atoms with van der Waals surface area (Å²) in [6.45, 7) is 6.73. The van der Waals surface area contributed by atoms with Crippen LogP contribution in [-0.2, 0) is 4.74 Å². The number of carbonyl (C=O) groups excluding carboxylic acids is 2. The standard InChI is InChI=1S/C25H28N2O4/c1-24(2,3)31-23(29)27-14-12-25(13-15-27)16-20(19-6-4-5-7-21(19)30-25)17-8-10-18(11-9-17)22(26)28/h4-11,16H,12-15H2,1-3H3,(H2,26,28). The van der Waals surface area contributed by atoms with Crippen molar-refractivity contribution in [2.45, 2.75) is 44.8 Å². The molecule has 6 heteroatoms. The second-order valence-corrected chi connectivity index (χ2v) is 9.13. The minimum absolute atomic E-state index is 0.287. The normalized spacial score (nSPS) is 17.4. The van der Waals surface area contributed by atoms with Gasteiger partial charge in [0.1, 0.15) is 17.0 Å². The molecule has 2 aromatic carbocycles. The second-order valence-electron chi connectivity index (χ2n) is 9.13. The van der Waals surface area contributed by atoms with E-state index in [0.29, 0.717) is 31.5 Å². The van der Waals surface area contributed by atoms with Crippen molar-refractivity contribution in [3.63, 3.8) is 0 Å². The number of carbonyl (C=O) groups is 2. The van der Waals surface area contributed by atoms with E-state index in [1.54, 1.807) is 17.0 Å². The van der Waals surface area contributed by atoms with E-state index in [1.165, 1.54) is 0 Å². The van der Waals surface area contributed by atoms with Crippen molar-refractivity contribution in [2.24, 2.45) is 5.73 Å². The zero-order valence-electron chi connectivity index (χ0n) is 18.2. The molecule has 2 aromatic rings. The number of nitrogens with two attached hydrogens (primary N) is 1. The summed E-state index contributed by atoms with van der Waals surface area (Å²) in [6, 6.07) is 15.3. The van der Waals surface area contributed by atoms with E-state index in [1.807, 2.05) is 57.2 Å². The third-order valence-electron chi connectivity index (χ3n) is 5.64. The van der Waals surface area contributed by atoms with Gasteiger partial charge in [-0.05, 0) is 56.2 Å². The molecule has 6 nitrogen and oxygen atoms in total. The van der Waals surface area contributed by atoms with Gasteiger partial charge in [-0.2, -0.15) is 0 Å². The predicted octanol–water partition coefficient (Wildman–Crippen LogP) is 4.38. The molecule has 2 aliphatic heterocycles. The molecule has 0 bridgehead atoms. The van der Waals surface area contributed by atoms with Crippen LogP contribution in [0.25, 0.3) is 5.57 Å². The molecule has 0 aliphatic carbocycles. The predicted molar refractivity (Wildman–Crippen MR) is 119 cm³/mol. The average Bonchev–Trinajstić information content (AvgIpc) is 2.72. The molecule has 0 unspecified atom stereocenters. The van der Waals surface area contributed by atoms with E-state index in [-0.39, 0.29) is 6.09 Å². The highest BCUT2D eigenvalue weighted by Gasteiger charge is 2.40. The fraction of sp³-hybridized carbons (Fsp3) is 0.360. The Morgan fingerprint density at radius 3 is 2.29 bits per heavy atom. The maximum Gasteiger partial charge on any atom is 0.410 e. The first kappa shape index (κ1) is 21.0. The Labute approximate surface area is 182 Å². The minimum Gasteiger partial charge on any atom is -0.482 e. The van der Waals surface area contributed by atoms with E-state index in [9.17, 15) is 9.59 Å². The third-order valence-corrected chi connectivity index (χ3v) is 5.64. The highest BCUT2D eigenvalue weighted by Crippen LogP contribution is 2.43. The van der Waals surface area contributed by atoms with Gasteiger partial charge >= 0.3 is 6.09 Å². The molecule has 2 amide bonds. The second kappa shape index (κ2) is 7.76. The first-order valence-corrected chi connectivity index (χ1v) is 10.6. The highest BCUT2D eigenvalue weighted by molar-refractivity contribution is 5.93. The van der Waals surface area contributed by atoms with Gasteiger partial charge in [-0.25, -0.2) is 4.79 Å². The summed E-state index contributed by atoms with van der Waals surface area (Å²) in [6.07, 6.45) is 3.22. The summed E-state index contributed by atoms with van der Waals surface area (Å²) in [4.78, 5) is 25.7. The first-order valence-electron chi connectivity index (χ1n) is 10.6. The maximum atomic E-state index is 12.5. The van der Waals surface area contributed by atoms with Crippen LogP contribution in [0.1, 0.15) is 55.1 Å². The number of amides is 2. The Hall–Kier alpha value is -3.28. The number of piperidine rings is 1. The smallest absolute Gasteiger partial charge is 0.410 e. The van der Waals surface area contributed by atoms with Crippen LogP contribution >= 0.6 is 0 Å². The summed E-state index contributed by atoms with van der Waals surface area (Å²) in [5.41, 5.74) is 7.92. The van der Waals surface area contributed by atoms with Crippen molar-refractivity contribution in [1.82, 2.24) is 4.90 Å². The molecule has 1 fully saturated rings. The molecule has 162 valence electrons. The Bertz CT molecular complexity index is 1030. The summed E-state index contributed by atoms with van der Waals surface area (Å²) < 4.78 is 12.0. The lowest BCUT2D eigenvalue weighted by Crippen LogP contribution is -2.50. The number of hydrogen-bond donors (Lipinski definition) is 1. The number of benzene rings is 2. The van der Waals surface area contributed by atoms with Crippen LogP contribution in [0.4, 0.5) is 4.79 Å². The number of hydrogen-bond acceptors (Lipinski definition) is 4. The van der Waals surface area contributed by atoms with Crippen molar-refractivity contribution in [1.29, 1.82) is 0 Å². The van der Waals surface area contributed by atoms with E-state index >= 15 is 0 Å². The Morgan fingerprint density at radius 1 is 1.03 bits per heavy atom. The van der Waals surface area contributed by atoms with Gasteiger partial charge in [0, 0.05) is 37.1 Å². The van der Waals surface area contributed by atoms with Gasteiger partial charge in [-0.1, -0.05) is 30.3 Å². The molecule has 0 atom stereocenters. The molecule has 0 saturated carbocycles. The van der Waals surface area contributed by atoms with Gasteiger partial charge in [0.2, 0.25) is 5.91 Å². The summed E-state index contributed by atoms with van der Waals surface area (Å²) in [7, 11) is 0. The summed E-state index contributed by atoms with van der Waals surface area (Å²) in [5.74, 6) is 0.378. The highest BCUT2D eigenvalue weighted by atomic mass is 16.6. The van der Waals surface area contributed by atoms with Crippen LogP contribution in [-0.4, -0.2) is 41.2 Å². The molecular weight excluding hydrogens is 392 g/mol. The number of likely N-dealkylation sites (tertiary alicyclic amines) is 1. The van der Waals surface area contributed by atoms with Gasteiger partial charge in [0.25, 0.3) is 0 Å². The molecule has 1 saturated heterocycles. The van der Waals surface area contributed by atoms with Gasteiger partial charge in [0.05, 0.1) is 0 Å². The number of fused-ring (bicyclic) bond motifs is 1. The quantitative estimate of drug-likeness (QED) is 0.782. The fourth-order valence-corrected chi connectivity index (χ4v) is 4.06. The molecule has 2 N–H and O–H groups in total. The summed E-state index contributed by atoms with van der Waals surface area (Å²) >= 11 is 0. The fourth-order valence-electron chi connectivity index (χ4n) is 4.06. The molecule has 1 spiro atoms. The first-order chi connectivity index (χ1) is 14.7. The van der Waals surface area contributed by atoms with Crippen molar-refractivity contribution in [3.05, 3.63) is 71.3 Å². The summed E-state index contributed by atoms with van der Waals surface area (Å²) in [5, 5.41) is 0. The number of nitrogens with zero attached hydrogens (tertiary/aromatic N) is 1. The molecule has 0 aromatic heterocycles. The Kier molecular flexibility index (Phi) is 5.25. The topological polar surface area (TPSA) is 81.9 Å². The van der Waals surface area contributed by atoms with E-state index in [0.717, 1.165) is 22.4 Å². The molecule has 4 rings (SSSR count). The van der Waals surface area contributed by atoms with Crippen molar-refractivity contribution in [2.75, 3.05) is 13.1 Å². The van der Waals surface area contributed by atoms with Crippen LogP contribution in [0.15, 0.2) is 54.6 Å². The van der Waals surface area contributed by atoms with Crippen LogP contribution in [0.3, 0.4) is 0 Å². The van der Waals surface area contributed by atoms with Gasteiger partial charge < -0.3 is 20.1 Å². The average molecular weight is 421 g/mol. The molecule has 2 aliphatic rings. The zero-order valence-corrected chi connectivity index (χ0v) is 18.2. The van der Waals surface area contributed by atoms with Crippen molar-refractivity contribution in [3.8, 4) is 5.75 Å². The van der Waals surface area contributed by atoms with Crippen LogP contribution < -0.4 is 10.5 Å². The van der Waals surface area contributed by atoms with Gasteiger partial charge in [-0.3, -0.25) is 4.79 Å². The molecule has 2 heterocycles. The van der Waals surface area contributed by atoms with Gasteiger partial charge in [-0.15, -0.1) is 0 Å². The lowest BCUT2D eigenvalue weighted by atomic mass is 9.83. The van der Waals surface area contributed by atoms with Crippen molar-refractivity contribution >= 4 is 17.6 Å². The lowest BCUT2D eigenvalue weighted by molar-refractivity contribution is -0.00116. The Balaban J connectivity index is 1.62. The van der Waals surface area contributed by atoms with Crippen molar-refractivity contribution < 1.29 is 19.1 Å². The monoisotopic (exact) mass is 420 g/mol. The largest absolute Gasteiger partial charge is 0.482 e. The van der Waals surface area contributed by atoms with E-state index in [4.69, 9.17) is 15.2 Å². The van der Waals surface area contributed by atoms with Crippen LogP contribution in [0, 0.1) is 0 Å². The molecule has 31 heavy (non-hydrogen) atoms. The lowest BCUT2D eigenvalue weighted by Gasteiger charge is -2.43. The number of rotatable bonds is 2. The minimum atomic E-state index is -0.517. The van der Waals surface area contributed by atoms with Crippen LogP contribution in [0.2, 0.25) is 0 Å². The SMILES string of the molecule is CC(C)(C)OC(=O)N1CCC2(C=C(c3ccc(C(N)=O)cc3)c3ccccc3O2)CC1. The molecular formula is C25H28N2O4. The third kappa shape index (κ3) is 4.43. The van der Waals surface area contributed by atoms with E-state index in [2.05, 4.69) is 6.08 Å². The van der Waals surface area contributed by atoms with Crippen LogP contribution in [0.5, 0.6) is 5.75 Å². The number of ether oxygens (including phenoxy) is 2. The zero-order chi connectivity index (χ0) is 22.2. The number of para-hydroxylation sites is 1. The number of primary amides is 1. The van der Waals surface area contributed by atoms with Gasteiger partial charge in [0.15, 0.2) is 0 Å².